The molecule has 0 bridgehead atoms. The van der Waals surface area contributed by atoms with Crippen LogP contribution in [0.3, 0.4) is 0 Å². The van der Waals surface area contributed by atoms with Crippen LogP contribution < -0.4 is 10.0 Å². The molecule has 2 aromatic heterocycles. The van der Waals surface area contributed by atoms with Crippen LogP contribution in [0.5, 0.6) is 0 Å². The third-order valence-corrected chi connectivity index (χ3v) is 6.37. The fourth-order valence-electron chi connectivity index (χ4n) is 1.62. The normalized spacial score (nSPS) is 11.8. The summed E-state index contributed by atoms with van der Waals surface area (Å²) in [5.74, 6) is 0. The summed E-state index contributed by atoms with van der Waals surface area (Å²) < 4.78 is 27.4. The van der Waals surface area contributed by atoms with Crippen molar-refractivity contribution in [2.45, 2.75) is 32.2 Å². The van der Waals surface area contributed by atoms with Crippen LogP contribution in [0.1, 0.15) is 22.4 Å². The Labute approximate surface area is 127 Å². The summed E-state index contributed by atoms with van der Waals surface area (Å²) in [4.78, 5) is 6.37. The first-order valence-corrected chi connectivity index (χ1v) is 9.36. The quantitative estimate of drug-likeness (QED) is 0.854. The lowest BCUT2D eigenvalue weighted by atomic mass is 10.4. The van der Waals surface area contributed by atoms with E-state index in [4.69, 9.17) is 0 Å². The number of thiazole rings is 1. The van der Waals surface area contributed by atoms with E-state index in [-0.39, 0.29) is 0 Å². The summed E-state index contributed by atoms with van der Waals surface area (Å²) in [5, 5.41) is 5.35. The fourth-order valence-corrected chi connectivity index (χ4v) is 5.09. The molecule has 0 aromatic carbocycles. The Bertz CT molecular complexity index is 669. The van der Waals surface area contributed by atoms with Gasteiger partial charge < -0.3 is 5.32 Å². The van der Waals surface area contributed by atoms with Gasteiger partial charge in [-0.2, -0.15) is 0 Å². The minimum Gasteiger partial charge on any atom is -0.312 e. The van der Waals surface area contributed by atoms with Gasteiger partial charge in [0.1, 0.15) is 4.90 Å². The van der Waals surface area contributed by atoms with Gasteiger partial charge in [-0.1, -0.05) is 6.92 Å². The number of nitrogens with one attached hydrogen (secondary N) is 2. The van der Waals surface area contributed by atoms with E-state index in [0.29, 0.717) is 16.6 Å². The standard InChI is InChI=1S/C12H17N3O2S3/c1-4-13-7-10-11(5-6-18-10)20(16,17)15-12-14-8(2)9(3)19-12/h5-6,13H,4,7H2,1-3H3,(H,14,15). The molecule has 0 atom stereocenters. The van der Waals surface area contributed by atoms with Crippen molar-refractivity contribution in [3.05, 3.63) is 26.9 Å². The zero-order valence-corrected chi connectivity index (χ0v) is 14.0. The molecular weight excluding hydrogens is 314 g/mol. The molecule has 0 amide bonds. The smallest absolute Gasteiger partial charge is 0.264 e. The van der Waals surface area contributed by atoms with E-state index in [9.17, 15) is 8.42 Å². The van der Waals surface area contributed by atoms with E-state index in [1.807, 2.05) is 20.8 Å². The Morgan fingerprint density at radius 1 is 1.35 bits per heavy atom. The SMILES string of the molecule is CCNCc1sccc1S(=O)(=O)Nc1nc(C)c(C)s1. The Kier molecular flexibility index (Phi) is 4.79. The molecule has 0 saturated carbocycles. The highest BCUT2D eigenvalue weighted by atomic mass is 32.2. The number of anilines is 1. The van der Waals surface area contributed by atoms with Crippen molar-refractivity contribution in [3.63, 3.8) is 0 Å². The second-order valence-corrected chi connectivity index (χ2v) is 8.11. The molecule has 0 unspecified atom stereocenters. The Morgan fingerprint density at radius 2 is 2.10 bits per heavy atom. The first-order chi connectivity index (χ1) is 9.44. The van der Waals surface area contributed by atoms with Crippen LogP contribution in [0.25, 0.3) is 0 Å². The van der Waals surface area contributed by atoms with E-state index < -0.39 is 10.0 Å². The summed E-state index contributed by atoms with van der Waals surface area (Å²) in [7, 11) is -3.57. The Balaban J connectivity index is 2.24. The zero-order valence-electron chi connectivity index (χ0n) is 11.6. The van der Waals surface area contributed by atoms with Crippen LogP contribution in [0.15, 0.2) is 16.3 Å². The molecule has 8 heteroatoms. The van der Waals surface area contributed by atoms with Gasteiger partial charge in [0.25, 0.3) is 10.0 Å². The molecule has 2 heterocycles. The number of hydrogen-bond donors (Lipinski definition) is 2. The third-order valence-electron chi connectivity index (χ3n) is 2.78. The minimum atomic E-state index is -3.57. The average molecular weight is 331 g/mol. The summed E-state index contributed by atoms with van der Waals surface area (Å²) in [5.41, 5.74) is 0.853. The molecule has 0 fully saturated rings. The lowest BCUT2D eigenvalue weighted by molar-refractivity contribution is 0.599. The van der Waals surface area contributed by atoms with Crippen molar-refractivity contribution >= 4 is 37.8 Å². The van der Waals surface area contributed by atoms with E-state index in [2.05, 4.69) is 15.0 Å². The van der Waals surface area contributed by atoms with E-state index in [0.717, 1.165) is 22.0 Å². The van der Waals surface area contributed by atoms with Crippen LogP contribution >= 0.6 is 22.7 Å². The fraction of sp³-hybridized carbons (Fsp3) is 0.417. The van der Waals surface area contributed by atoms with Gasteiger partial charge in [0.2, 0.25) is 0 Å². The highest BCUT2D eigenvalue weighted by molar-refractivity contribution is 7.93. The first-order valence-electron chi connectivity index (χ1n) is 6.18. The molecule has 0 radical (unpaired) electrons. The number of sulfonamides is 1. The molecule has 110 valence electrons. The van der Waals surface area contributed by atoms with Crippen LogP contribution in [0.2, 0.25) is 0 Å². The summed E-state index contributed by atoms with van der Waals surface area (Å²) in [6, 6.07) is 1.63. The molecule has 0 aliphatic carbocycles. The van der Waals surface area contributed by atoms with Crippen molar-refractivity contribution in [1.29, 1.82) is 0 Å². The molecule has 0 aliphatic heterocycles. The topological polar surface area (TPSA) is 71.1 Å². The number of rotatable bonds is 6. The van der Waals surface area contributed by atoms with Crippen molar-refractivity contribution in [1.82, 2.24) is 10.3 Å². The van der Waals surface area contributed by atoms with Gasteiger partial charge in [-0.3, -0.25) is 4.72 Å². The van der Waals surface area contributed by atoms with Gasteiger partial charge in [-0.05, 0) is 31.8 Å². The lowest BCUT2D eigenvalue weighted by Crippen LogP contribution is -2.17. The second kappa shape index (κ2) is 6.21. The maximum Gasteiger partial charge on any atom is 0.264 e. The zero-order chi connectivity index (χ0) is 14.8. The van der Waals surface area contributed by atoms with Crippen LogP contribution in [-0.4, -0.2) is 19.9 Å². The minimum absolute atomic E-state index is 0.328. The van der Waals surface area contributed by atoms with Gasteiger partial charge in [0, 0.05) is 16.3 Å². The largest absolute Gasteiger partial charge is 0.312 e. The van der Waals surface area contributed by atoms with Crippen molar-refractivity contribution in [2.24, 2.45) is 0 Å². The lowest BCUT2D eigenvalue weighted by Gasteiger charge is -2.06. The molecule has 2 N–H and O–H groups in total. The third kappa shape index (κ3) is 3.38. The summed E-state index contributed by atoms with van der Waals surface area (Å²) in [6.07, 6.45) is 0. The number of nitrogens with zero attached hydrogens (tertiary/aromatic N) is 1. The van der Waals surface area contributed by atoms with Crippen LogP contribution in [0.4, 0.5) is 5.13 Å². The monoisotopic (exact) mass is 331 g/mol. The maximum atomic E-state index is 12.4. The van der Waals surface area contributed by atoms with Gasteiger partial charge in [-0.25, -0.2) is 13.4 Å². The number of aromatic nitrogens is 1. The van der Waals surface area contributed by atoms with E-state index in [1.54, 1.807) is 11.4 Å². The average Bonchev–Trinajstić information content (AvgIpc) is 2.94. The molecule has 0 saturated heterocycles. The Hall–Kier alpha value is -0.960. The van der Waals surface area contributed by atoms with Gasteiger partial charge in [0.05, 0.1) is 5.69 Å². The first kappa shape index (κ1) is 15.4. The number of thiophene rings is 1. The predicted octanol–water partition coefficient (Wildman–Crippen LogP) is 2.73. The second-order valence-electron chi connectivity index (χ2n) is 4.25. The highest BCUT2D eigenvalue weighted by Gasteiger charge is 2.21. The van der Waals surface area contributed by atoms with E-state index in [1.165, 1.54) is 22.7 Å². The number of aryl methyl sites for hydroxylation is 2. The molecule has 2 rings (SSSR count). The van der Waals surface area contributed by atoms with Crippen molar-refractivity contribution in [3.8, 4) is 0 Å². The predicted molar refractivity (Wildman–Crippen MR) is 84.1 cm³/mol. The van der Waals surface area contributed by atoms with Crippen molar-refractivity contribution < 1.29 is 8.42 Å². The summed E-state index contributed by atoms with van der Waals surface area (Å²) >= 11 is 2.79. The van der Waals surface area contributed by atoms with Crippen LogP contribution in [-0.2, 0) is 16.6 Å². The Morgan fingerprint density at radius 3 is 2.70 bits per heavy atom. The molecule has 0 spiro atoms. The highest BCUT2D eigenvalue weighted by Crippen LogP contribution is 2.27. The van der Waals surface area contributed by atoms with Crippen molar-refractivity contribution in [2.75, 3.05) is 11.3 Å². The number of hydrogen-bond acceptors (Lipinski definition) is 6. The molecule has 2 aromatic rings. The van der Waals surface area contributed by atoms with Gasteiger partial charge in [0.15, 0.2) is 5.13 Å². The molecule has 20 heavy (non-hydrogen) atoms. The summed E-state index contributed by atoms with van der Waals surface area (Å²) in [6.45, 7) is 7.13. The molecule has 0 aliphatic rings. The maximum absolute atomic E-state index is 12.4. The van der Waals surface area contributed by atoms with Crippen LogP contribution in [0, 0.1) is 13.8 Å². The van der Waals surface area contributed by atoms with Gasteiger partial charge >= 0.3 is 0 Å². The van der Waals surface area contributed by atoms with Gasteiger partial charge in [-0.15, -0.1) is 22.7 Å². The molecule has 5 nitrogen and oxygen atoms in total. The van der Waals surface area contributed by atoms with E-state index >= 15 is 0 Å². The molecular formula is C12H17N3O2S3.